The Balaban J connectivity index is 0.000000134. The Hall–Kier alpha value is -18.2. The van der Waals surface area contributed by atoms with Crippen molar-refractivity contribution in [2.24, 2.45) is 0 Å². The van der Waals surface area contributed by atoms with E-state index >= 15 is 0 Å². The van der Waals surface area contributed by atoms with Gasteiger partial charge in [0.2, 0.25) is 0 Å². The molecule has 2 unspecified atom stereocenters. The van der Waals surface area contributed by atoms with Crippen molar-refractivity contribution in [3.8, 4) is 24.3 Å². The molecule has 0 aromatic heterocycles. The number of nitrogens with zero attached hydrogens (tertiary/aromatic N) is 12. The summed E-state index contributed by atoms with van der Waals surface area (Å²) in [6.07, 6.45) is 33.6. The molecule has 16 nitrogen and oxygen atoms in total. The van der Waals surface area contributed by atoms with Gasteiger partial charge in [-0.15, -0.1) is 0 Å². The van der Waals surface area contributed by atoms with Crippen LogP contribution in [0, 0.1) is 99.3 Å². The number of allylic oxidation sites excluding steroid dienone is 12. The lowest BCUT2D eigenvalue weighted by Gasteiger charge is -2.39. The summed E-state index contributed by atoms with van der Waals surface area (Å²) in [6, 6.07) is 109. The smallest absolute Gasteiger partial charge is 0.265 e. The number of hydrogen-bond acceptors (Lipinski definition) is 12. The van der Waals surface area contributed by atoms with E-state index in [1.165, 1.54) is 90.0 Å². The van der Waals surface area contributed by atoms with Gasteiger partial charge in [-0.3, -0.25) is 0 Å². The fraction of sp³-hybridized carbons (Fsp3) is 0.206. The number of nitriles is 4. The molecule has 8 heterocycles. The topological polar surface area (TPSA) is 162 Å². The highest BCUT2D eigenvalue weighted by Gasteiger charge is 2.42. The highest BCUT2D eigenvalue weighted by Crippen LogP contribution is 2.49. The third-order valence-electron chi connectivity index (χ3n) is 27.7. The summed E-state index contributed by atoms with van der Waals surface area (Å²) in [5, 5.41) is 38.0. The molecule has 20 rings (SSSR count). The molecule has 0 aliphatic carbocycles. The van der Waals surface area contributed by atoms with Gasteiger partial charge in [-0.1, -0.05) is 241 Å². The second-order valence-electron chi connectivity index (χ2n) is 38.8. The van der Waals surface area contributed by atoms with E-state index in [1.807, 2.05) is 215 Å². The van der Waals surface area contributed by atoms with Crippen molar-refractivity contribution in [1.29, 1.82) is 21.0 Å². The summed E-state index contributed by atoms with van der Waals surface area (Å²) in [5.41, 5.74) is 30.0. The molecule has 0 bridgehead atoms. The number of fused-ring (bicyclic) bond motifs is 4. The first-order valence-electron chi connectivity index (χ1n) is 50.1. The summed E-state index contributed by atoms with van der Waals surface area (Å²) >= 11 is 0. The van der Waals surface area contributed by atoms with Crippen LogP contribution in [0.5, 0.6) is 0 Å². The Kier molecular flexibility index (Phi) is 31.6. The molecule has 0 fully saturated rings. The van der Waals surface area contributed by atoms with E-state index in [1.54, 1.807) is 0 Å². The molecular formula is C131H114N12O4. The molecule has 12 aromatic rings. The lowest BCUT2D eigenvalue weighted by Crippen LogP contribution is -2.34. The van der Waals surface area contributed by atoms with E-state index in [-0.39, 0.29) is 28.9 Å². The molecule has 0 amide bonds. The van der Waals surface area contributed by atoms with Crippen molar-refractivity contribution < 1.29 is 18.9 Å². The van der Waals surface area contributed by atoms with E-state index in [2.05, 4.69) is 261 Å². The Morgan fingerprint density at radius 1 is 0.320 bits per heavy atom. The maximum Gasteiger partial charge on any atom is 0.265 e. The Labute approximate surface area is 865 Å². The molecule has 0 saturated carbocycles. The zero-order valence-corrected chi connectivity index (χ0v) is 84.0. The molecule has 2 atom stereocenters. The minimum absolute atomic E-state index is 0.0883. The van der Waals surface area contributed by atoms with Crippen molar-refractivity contribution in [3.05, 3.63) is 543 Å². The van der Waals surface area contributed by atoms with Crippen LogP contribution in [0.1, 0.15) is 167 Å². The van der Waals surface area contributed by atoms with E-state index in [9.17, 15) is 21.0 Å². The van der Waals surface area contributed by atoms with Crippen LogP contribution in [0.2, 0.25) is 0 Å². The first-order chi connectivity index (χ1) is 71.6. The highest BCUT2D eigenvalue weighted by molar-refractivity contribution is 5.76. The number of anilines is 8. The molecule has 8 aliphatic rings. The van der Waals surface area contributed by atoms with Gasteiger partial charge in [0.15, 0.2) is 5.60 Å². The van der Waals surface area contributed by atoms with Gasteiger partial charge in [0.1, 0.15) is 40.3 Å². The van der Waals surface area contributed by atoms with E-state index in [0.717, 1.165) is 128 Å². The predicted molar refractivity (Wildman–Crippen MR) is 591 cm³/mol. The van der Waals surface area contributed by atoms with Gasteiger partial charge < -0.3 is 38.5 Å². The van der Waals surface area contributed by atoms with E-state index in [0.29, 0.717) is 65.4 Å². The Bertz CT molecular complexity index is 7610. The molecule has 0 radical (unpaired) electrons. The first kappa shape index (κ1) is 100. The van der Waals surface area contributed by atoms with Gasteiger partial charge in [-0.25, -0.2) is 40.4 Å². The molecule has 12 aromatic carbocycles. The number of hydrogen-bond donors (Lipinski definition) is 0. The fourth-order valence-corrected chi connectivity index (χ4v) is 20.3. The quantitative estimate of drug-likeness (QED) is 0.0666. The summed E-state index contributed by atoms with van der Waals surface area (Å²) in [5.74, 6) is 2.58. The second kappa shape index (κ2) is 46.3. The molecule has 0 saturated heterocycles. The summed E-state index contributed by atoms with van der Waals surface area (Å²) in [6.45, 7) is 48.3. The molecular weight excluding hydrogens is 1810 g/mol. The van der Waals surface area contributed by atoms with Crippen LogP contribution < -0.4 is 19.6 Å². The number of ether oxygens (including phenoxy) is 4. The van der Waals surface area contributed by atoms with Crippen LogP contribution >= 0.6 is 0 Å². The minimum Gasteiger partial charge on any atom is -0.488 e. The van der Waals surface area contributed by atoms with Gasteiger partial charge >= 0.3 is 0 Å². The van der Waals surface area contributed by atoms with Crippen LogP contribution in [0.3, 0.4) is 0 Å². The minimum atomic E-state index is -0.872. The molecule has 0 spiro atoms. The largest absolute Gasteiger partial charge is 0.488 e. The van der Waals surface area contributed by atoms with Crippen molar-refractivity contribution in [2.75, 3.05) is 45.8 Å². The molecule has 722 valence electrons. The lowest BCUT2D eigenvalue weighted by molar-refractivity contribution is 0.0143. The van der Waals surface area contributed by atoms with Crippen molar-refractivity contribution in [1.82, 2.24) is 0 Å². The van der Waals surface area contributed by atoms with Gasteiger partial charge in [-0.2, -0.15) is 0 Å². The monoisotopic (exact) mass is 1920 g/mol. The molecule has 147 heavy (non-hydrogen) atoms. The molecule has 16 heteroatoms. The third kappa shape index (κ3) is 24.1. The Morgan fingerprint density at radius 3 is 0.952 bits per heavy atom. The van der Waals surface area contributed by atoms with E-state index in [4.69, 9.17) is 45.2 Å². The maximum absolute atomic E-state index is 9.80. The van der Waals surface area contributed by atoms with Gasteiger partial charge in [0.05, 0.1) is 50.6 Å². The zero-order valence-electron chi connectivity index (χ0n) is 84.0. The Morgan fingerprint density at radius 2 is 0.612 bits per heavy atom. The van der Waals surface area contributed by atoms with Crippen LogP contribution in [0.15, 0.2) is 408 Å². The number of rotatable bonds is 16. The number of benzene rings is 12. The van der Waals surface area contributed by atoms with Crippen LogP contribution in [-0.2, 0) is 55.8 Å². The van der Waals surface area contributed by atoms with Crippen molar-refractivity contribution >= 4 is 69.8 Å². The normalized spacial score (nSPS) is 18.6. The predicted octanol–water partition coefficient (Wildman–Crippen LogP) is 31.8. The second-order valence-corrected chi connectivity index (χ2v) is 38.8. The lowest BCUT2D eigenvalue weighted by atomic mass is 9.79. The third-order valence-corrected chi connectivity index (χ3v) is 27.7. The van der Waals surface area contributed by atoms with Crippen LogP contribution in [0.4, 0.5) is 45.5 Å². The number of aryl methyl sites for hydroxylation is 8. The van der Waals surface area contributed by atoms with Crippen LogP contribution in [0.25, 0.3) is 43.7 Å². The van der Waals surface area contributed by atoms with Gasteiger partial charge in [-0.05, 0) is 323 Å². The standard InChI is InChI=1S/C38H31N3O.C33H29N3O.C32H27N3O.C28H27N3O/c1-28-15-19-34(20-16-28)41-23-9-10-30-24-29(18-22-37(30)41)17-21-35-25-31(36(27-39)40-2)26-38(42-35,32-11-5-3-6-12-32)33-13-7-4-8-14-33;1-24-11-15-29(16-12-24)36-19-7-8-26-20-25(14-18-32(26)36)13-17-30-21-27(31(23-34)35-3)22-33(2,37-30)28-9-5-4-6-10-28;1-23-10-14-28(15-11-23)35-18-6-9-26-19-24(13-17-31(26)35)12-16-29-20-27(30(22-33)34-2)21-32(36-29)25-7-4-3-5-8-25;1-20-7-11-24(12-8-20)31-15-5-6-22-16-21(10-14-27(22)31)9-13-25-17-23(26(19-29)30-4)18-28(2,3)32-25/h3-8,11-22,24-25H,9-10,23,26H2,1H3;4-6,9-18,20-21H,7-8,19,22H2,1-2H3;3-5,7-8,10-17,19-20,32H,6,9,18,21H2,1H3;7-14,16-17H,5-6,15,18H2,1-3H3/b21-17+,36-31+;17-13+,31-27+;16-12+,30-27+;13-9+,26-23+. The molecule has 8 aliphatic heterocycles. The van der Waals surface area contributed by atoms with Gasteiger partial charge in [0, 0.05) is 108 Å². The summed E-state index contributed by atoms with van der Waals surface area (Å²) in [7, 11) is 0. The average Bonchev–Trinajstić information content (AvgIpc) is 0.746. The fourth-order valence-electron chi connectivity index (χ4n) is 20.3. The first-order valence-corrected chi connectivity index (χ1v) is 50.1. The summed E-state index contributed by atoms with van der Waals surface area (Å²) < 4.78 is 25.7. The van der Waals surface area contributed by atoms with Crippen molar-refractivity contribution in [2.45, 2.75) is 148 Å². The maximum atomic E-state index is 9.80. The average molecular weight is 1920 g/mol. The van der Waals surface area contributed by atoms with E-state index < -0.39 is 16.8 Å². The summed E-state index contributed by atoms with van der Waals surface area (Å²) in [4.78, 5) is 23.4. The SMILES string of the molecule is [C-]#[N+]/C(C#N)=C1C=C(/C=C/c2ccc3c(c2)CCCN3c2ccc(C)cc2)OC(C)(C)C\1.[C-]#[N+]/C(C#N)=C1C=C(/C=C/c2ccc3c(c2)CCCN3c2ccc(C)cc2)OC(C)(c2ccccc2)C\1.[C-]#[N+]/C(C#N)=C1C=C(/C=C/c2ccc3c(c2)CCCN3c2ccc(C)cc2)OC(c2ccccc2)(c2ccccc2)C\1.[C-]#[N+]/C(C#N)=C1C=C(/C=C/c2ccc3c(c2)CCCN3c2ccc(C)cc2)OC(c2ccccc2)C\1. The highest BCUT2D eigenvalue weighted by atomic mass is 16.5. The van der Waals surface area contributed by atoms with Crippen molar-refractivity contribution in [3.63, 3.8) is 0 Å². The van der Waals surface area contributed by atoms with Crippen LogP contribution in [-0.4, -0.2) is 31.8 Å². The van der Waals surface area contributed by atoms with Gasteiger partial charge in [0.25, 0.3) is 22.8 Å². The zero-order chi connectivity index (χ0) is 102. The molecule has 0 N–H and O–H groups in total.